The number of sulfonamides is 1. The molecule has 0 radical (unpaired) electrons. The molecule has 1 atom stereocenters. The van der Waals surface area contributed by atoms with Crippen molar-refractivity contribution in [2.45, 2.75) is 32.6 Å². The van der Waals surface area contributed by atoms with Crippen LogP contribution in [-0.4, -0.2) is 84.3 Å². The number of hydrogen-bond donors (Lipinski definition) is 0. The Bertz CT molecular complexity index is 807. The second-order valence-electron chi connectivity index (χ2n) is 7.72. The number of hydrogen-bond acceptors (Lipinski definition) is 5. The molecule has 0 spiro atoms. The maximum atomic E-state index is 12.9. The molecule has 2 aliphatic heterocycles. The lowest BCUT2D eigenvalue weighted by Crippen LogP contribution is -2.54. The van der Waals surface area contributed by atoms with E-state index >= 15 is 0 Å². The summed E-state index contributed by atoms with van der Waals surface area (Å²) in [7, 11) is -3.28. The van der Waals surface area contributed by atoms with Crippen molar-refractivity contribution in [2.24, 2.45) is 5.92 Å². The zero-order valence-corrected chi connectivity index (χ0v) is 17.8. The van der Waals surface area contributed by atoms with Gasteiger partial charge in [-0.1, -0.05) is 13.0 Å². The van der Waals surface area contributed by atoms with Crippen LogP contribution in [0.4, 0.5) is 0 Å². The van der Waals surface area contributed by atoms with Crippen LogP contribution in [0.25, 0.3) is 0 Å². The third kappa shape index (κ3) is 5.54. The van der Waals surface area contributed by atoms with Crippen LogP contribution in [0.1, 0.15) is 31.9 Å². The number of carbonyl (C=O) groups excluding carboxylic acids is 2. The van der Waals surface area contributed by atoms with Gasteiger partial charge in [0, 0.05) is 51.2 Å². The van der Waals surface area contributed by atoms with E-state index in [4.69, 9.17) is 0 Å². The minimum atomic E-state index is -3.28. The van der Waals surface area contributed by atoms with Crippen molar-refractivity contribution in [2.75, 3.05) is 45.0 Å². The quantitative estimate of drug-likeness (QED) is 0.675. The summed E-state index contributed by atoms with van der Waals surface area (Å²) in [6.45, 7) is 4.61. The molecule has 29 heavy (non-hydrogen) atoms. The summed E-state index contributed by atoms with van der Waals surface area (Å²) in [6, 6.07) is 5.51. The largest absolute Gasteiger partial charge is 0.339 e. The van der Waals surface area contributed by atoms with E-state index in [1.807, 2.05) is 25.1 Å². The van der Waals surface area contributed by atoms with Crippen molar-refractivity contribution >= 4 is 21.8 Å². The van der Waals surface area contributed by atoms with E-state index in [0.29, 0.717) is 45.6 Å². The van der Waals surface area contributed by atoms with Crippen LogP contribution in [0.2, 0.25) is 0 Å². The third-order valence-electron chi connectivity index (χ3n) is 5.59. The van der Waals surface area contributed by atoms with Gasteiger partial charge in [-0.2, -0.15) is 0 Å². The summed E-state index contributed by atoms with van der Waals surface area (Å²) in [5.74, 6) is -0.125. The van der Waals surface area contributed by atoms with Crippen molar-refractivity contribution in [3.63, 3.8) is 0 Å². The molecule has 8 nitrogen and oxygen atoms in total. The fourth-order valence-electron chi connectivity index (χ4n) is 3.99. The standard InChI is InChI=1S/C20H30N4O4S/c1-2-14-29(27,28)24-9-5-6-17(16-24)20(26)23-12-10-22(11-13-23)19(25)15-18-7-3-4-8-21-18/h3-4,7-8,17H,2,5-6,9-16H2,1H3. The summed E-state index contributed by atoms with van der Waals surface area (Å²) in [5.41, 5.74) is 0.742. The van der Waals surface area contributed by atoms with Gasteiger partial charge in [0.25, 0.3) is 0 Å². The van der Waals surface area contributed by atoms with Gasteiger partial charge in [-0.15, -0.1) is 0 Å². The maximum Gasteiger partial charge on any atom is 0.228 e. The lowest BCUT2D eigenvalue weighted by Gasteiger charge is -2.38. The van der Waals surface area contributed by atoms with E-state index < -0.39 is 10.0 Å². The van der Waals surface area contributed by atoms with E-state index in [9.17, 15) is 18.0 Å². The molecule has 1 unspecified atom stereocenters. The lowest BCUT2D eigenvalue weighted by atomic mass is 9.97. The Morgan fingerprint density at radius 1 is 1.10 bits per heavy atom. The topological polar surface area (TPSA) is 90.9 Å². The molecular weight excluding hydrogens is 392 g/mol. The van der Waals surface area contributed by atoms with Crippen molar-refractivity contribution in [1.82, 2.24) is 19.1 Å². The third-order valence-corrected chi connectivity index (χ3v) is 7.63. The Balaban J connectivity index is 1.51. The summed E-state index contributed by atoms with van der Waals surface area (Å²) in [4.78, 5) is 33.2. The number of carbonyl (C=O) groups is 2. The zero-order valence-electron chi connectivity index (χ0n) is 17.0. The van der Waals surface area contributed by atoms with Gasteiger partial charge in [0.15, 0.2) is 0 Å². The number of piperidine rings is 1. The smallest absolute Gasteiger partial charge is 0.228 e. The van der Waals surface area contributed by atoms with Gasteiger partial charge in [0.2, 0.25) is 21.8 Å². The molecule has 1 aromatic rings. The van der Waals surface area contributed by atoms with E-state index in [1.165, 1.54) is 4.31 Å². The molecule has 0 saturated carbocycles. The summed E-state index contributed by atoms with van der Waals surface area (Å²) < 4.78 is 26.2. The van der Waals surface area contributed by atoms with Gasteiger partial charge in [0.1, 0.15) is 0 Å². The van der Waals surface area contributed by atoms with Gasteiger partial charge in [0.05, 0.1) is 18.1 Å². The molecule has 3 rings (SSSR count). The van der Waals surface area contributed by atoms with Crippen LogP contribution in [0.3, 0.4) is 0 Å². The molecule has 2 amide bonds. The molecular formula is C20H30N4O4S. The zero-order chi connectivity index (χ0) is 20.9. The van der Waals surface area contributed by atoms with Crippen LogP contribution in [0.15, 0.2) is 24.4 Å². The van der Waals surface area contributed by atoms with Crippen LogP contribution in [-0.2, 0) is 26.0 Å². The minimum Gasteiger partial charge on any atom is -0.339 e. The van der Waals surface area contributed by atoms with Crippen molar-refractivity contribution < 1.29 is 18.0 Å². The SMILES string of the molecule is CCCS(=O)(=O)N1CCCC(C(=O)N2CCN(C(=O)Cc3ccccn3)CC2)C1. The Kier molecular flexibility index (Phi) is 7.23. The molecule has 0 aromatic carbocycles. The maximum absolute atomic E-state index is 12.9. The summed E-state index contributed by atoms with van der Waals surface area (Å²) >= 11 is 0. The van der Waals surface area contributed by atoms with Gasteiger partial charge >= 0.3 is 0 Å². The normalized spacial score (nSPS) is 21.2. The van der Waals surface area contributed by atoms with Gasteiger partial charge < -0.3 is 9.80 Å². The Morgan fingerprint density at radius 3 is 2.48 bits per heavy atom. The molecule has 0 aliphatic carbocycles. The van der Waals surface area contributed by atoms with Gasteiger partial charge in [-0.3, -0.25) is 14.6 Å². The molecule has 3 heterocycles. The fraction of sp³-hybridized carbons (Fsp3) is 0.650. The number of amides is 2. The van der Waals surface area contributed by atoms with E-state index in [1.54, 1.807) is 16.0 Å². The first-order chi connectivity index (χ1) is 13.9. The second-order valence-corrected chi connectivity index (χ2v) is 9.81. The van der Waals surface area contributed by atoms with E-state index in [-0.39, 0.29) is 36.5 Å². The Hall–Kier alpha value is -2.00. The molecule has 1 aromatic heterocycles. The van der Waals surface area contributed by atoms with Crippen LogP contribution < -0.4 is 0 Å². The predicted octanol–water partition coefficient (Wildman–Crippen LogP) is 0.747. The van der Waals surface area contributed by atoms with Gasteiger partial charge in [-0.05, 0) is 31.4 Å². The monoisotopic (exact) mass is 422 g/mol. The van der Waals surface area contributed by atoms with Crippen molar-refractivity contribution in [1.29, 1.82) is 0 Å². The number of piperazine rings is 1. The summed E-state index contributed by atoms with van der Waals surface area (Å²) in [6.07, 6.45) is 3.94. The number of rotatable bonds is 6. The molecule has 160 valence electrons. The first kappa shape index (κ1) is 21.7. The average Bonchev–Trinajstić information content (AvgIpc) is 2.74. The number of pyridine rings is 1. The van der Waals surface area contributed by atoms with Crippen molar-refractivity contribution in [3.8, 4) is 0 Å². The van der Waals surface area contributed by atoms with Crippen molar-refractivity contribution in [3.05, 3.63) is 30.1 Å². The number of aromatic nitrogens is 1. The Morgan fingerprint density at radius 2 is 1.83 bits per heavy atom. The van der Waals surface area contributed by atoms with Crippen LogP contribution in [0, 0.1) is 5.92 Å². The molecule has 2 saturated heterocycles. The Labute approximate surface area is 172 Å². The highest BCUT2D eigenvalue weighted by atomic mass is 32.2. The molecule has 0 bridgehead atoms. The van der Waals surface area contributed by atoms with E-state index in [2.05, 4.69) is 4.98 Å². The molecule has 2 fully saturated rings. The highest BCUT2D eigenvalue weighted by Crippen LogP contribution is 2.22. The molecule has 0 N–H and O–H groups in total. The highest BCUT2D eigenvalue weighted by Gasteiger charge is 2.35. The first-order valence-corrected chi connectivity index (χ1v) is 12.0. The van der Waals surface area contributed by atoms with Gasteiger partial charge in [-0.25, -0.2) is 12.7 Å². The number of nitrogens with zero attached hydrogens (tertiary/aromatic N) is 4. The highest BCUT2D eigenvalue weighted by molar-refractivity contribution is 7.89. The van der Waals surface area contributed by atoms with Crippen LogP contribution in [0.5, 0.6) is 0 Å². The fourth-order valence-corrected chi connectivity index (χ4v) is 5.58. The molecule has 2 aliphatic rings. The lowest BCUT2D eigenvalue weighted by molar-refractivity contribution is -0.142. The molecule has 9 heteroatoms. The second kappa shape index (κ2) is 9.67. The van der Waals surface area contributed by atoms with Crippen LogP contribution >= 0.6 is 0 Å². The first-order valence-electron chi connectivity index (χ1n) is 10.3. The minimum absolute atomic E-state index is 0.0122. The summed E-state index contributed by atoms with van der Waals surface area (Å²) in [5, 5.41) is 0. The average molecular weight is 423 g/mol. The predicted molar refractivity (Wildman–Crippen MR) is 109 cm³/mol. The van der Waals surface area contributed by atoms with E-state index in [0.717, 1.165) is 12.1 Å².